The zero-order chi connectivity index (χ0) is 89.3. The summed E-state index contributed by atoms with van der Waals surface area (Å²) in [6.45, 7) is 40.4. The van der Waals surface area contributed by atoms with Crippen molar-refractivity contribution in [3.8, 4) is 92.2 Å². The van der Waals surface area contributed by atoms with E-state index in [-0.39, 0.29) is 0 Å². The van der Waals surface area contributed by atoms with E-state index in [9.17, 15) is 26.3 Å². The van der Waals surface area contributed by atoms with Gasteiger partial charge in [0.15, 0.2) is 72.4 Å². The van der Waals surface area contributed by atoms with Crippen molar-refractivity contribution in [2.24, 2.45) is 0 Å². The number of nitriles is 5. The summed E-state index contributed by atoms with van der Waals surface area (Å²) in [5.41, 5.74) is 31.4. The normalized spacial score (nSPS) is 11.9. The number of aromatic nitrogens is 10. The monoisotopic (exact) mass is 1690 g/mol. The van der Waals surface area contributed by atoms with Gasteiger partial charge < -0.3 is 8.83 Å². The minimum Gasteiger partial charge on any atom is -0.456 e. The van der Waals surface area contributed by atoms with Crippen LogP contribution in [0.5, 0.6) is 0 Å². The molecule has 22 nitrogen and oxygen atoms in total. The summed E-state index contributed by atoms with van der Waals surface area (Å²) in [5, 5.41) is 56.1. The van der Waals surface area contributed by atoms with Crippen LogP contribution >= 0.6 is 0 Å². The Morgan fingerprint density at radius 3 is 1.09 bits per heavy atom. The first-order chi connectivity index (χ1) is 64.9. The van der Waals surface area contributed by atoms with Gasteiger partial charge in [0.25, 0.3) is 0 Å². The number of benzene rings is 15. The Labute approximate surface area is 751 Å². The smallest absolute Gasteiger partial charge is 0.205 e. The molecule has 0 amide bonds. The van der Waals surface area contributed by atoms with Gasteiger partial charge in [0.05, 0.1) is 124 Å². The lowest BCUT2D eigenvalue weighted by Crippen LogP contribution is -2.36. The second kappa shape index (κ2) is 30.5. The van der Waals surface area contributed by atoms with Crippen molar-refractivity contribution in [3.63, 3.8) is 0 Å². The minimum atomic E-state index is 0.464. The highest BCUT2D eigenvalue weighted by Crippen LogP contribution is 2.44. The summed E-state index contributed by atoms with van der Waals surface area (Å²) in [4.78, 5) is 17.7. The average Bonchev–Trinajstić information content (AvgIpc) is 1.55. The summed E-state index contributed by atoms with van der Waals surface area (Å²) >= 11 is 0. The van der Waals surface area contributed by atoms with Crippen LogP contribution < -0.4 is 23.4 Å². The minimum absolute atomic E-state index is 0.464. The Bertz CT molecular complexity index is 9350. The van der Waals surface area contributed by atoms with Crippen LogP contribution in [0.1, 0.15) is 55.6 Å². The van der Waals surface area contributed by atoms with Crippen molar-refractivity contribution in [3.05, 3.63) is 423 Å². The molecule has 0 radical (unpaired) electrons. The molecule has 132 heavy (non-hydrogen) atoms. The summed E-state index contributed by atoms with van der Waals surface area (Å²) in [6.07, 6.45) is 9.99. The highest BCUT2D eigenvalue weighted by molar-refractivity contribution is 6.09. The first kappa shape index (κ1) is 77.0. The van der Waals surface area contributed by atoms with Gasteiger partial charge in [0.2, 0.25) is 31.0 Å². The van der Waals surface area contributed by atoms with Crippen LogP contribution in [-0.2, 0) is 32.7 Å². The molecule has 5 aliphatic rings. The molecule has 0 bridgehead atoms. The molecule has 12 heterocycles. The summed E-state index contributed by atoms with van der Waals surface area (Å²) in [5.74, 6) is 0. The van der Waals surface area contributed by atoms with Gasteiger partial charge in [-0.2, -0.15) is 26.3 Å². The number of rotatable bonds is 3. The van der Waals surface area contributed by atoms with Gasteiger partial charge >= 0.3 is 0 Å². The number of hydrogen-bond acceptors (Lipinski definition) is 7. The topological polar surface area (TPSA) is 211 Å². The van der Waals surface area contributed by atoms with E-state index in [4.69, 9.17) is 41.7 Å². The van der Waals surface area contributed by atoms with E-state index in [1.807, 2.05) is 152 Å². The number of hydrogen-bond donors (Lipinski definition) is 0. The zero-order valence-corrected chi connectivity index (χ0v) is 69.7. The Kier molecular flexibility index (Phi) is 17.8. The third-order valence-corrected chi connectivity index (χ3v) is 25.3. The molecule has 0 fully saturated rings. The molecule has 22 aromatic rings. The van der Waals surface area contributed by atoms with Gasteiger partial charge in [0, 0.05) is 55.4 Å². The first-order valence-corrected chi connectivity index (χ1v) is 42.2. The molecular formula is C110H61N20O2+5. The fourth-order valence-electron chi connectivity index (χ4n) is 19.5. The fraction of sp³-hybridized carbons (Fsp3) is 0.0455. The van der Waals surface area contributed by atoms with Crippen LogP contribution in [-0.4, -0.2) is 23.4 Å². The predicted molar refractivity (Wildman–Crippen MR) is 499 cm³/mol. The van der Waals surface area contributed by atoms with Crippen LogP contribution in [0.4, 0.5) is 28.4 Å². The quantitative estimate of drug-likeness (QED) is 0.123. The molecule has 15 aromatic carbocycles. The van der Waals surface area contributed by atoms with Crippen molar-refractivity contribution in [2.45, 2.75) is 32.7 Å². The molecule has 0 N–H and O–H groups in total. The standard InChI is InChI=1S/2C22H11N4O.3C22H13N4/c1-24-15-6-13(10-23)18-12-25-11-14-7-17-16-4-2-3-5-21(16)27-22(17)9-19(14)26(25)20(18)8-15;1-24-15-8-14(10-23)18-12-25-11-13-6-7-17-16-4-2-3-5-20(16)27-22(17)21(13)26(25)19(18)9-15;1-24-18-10-17(12-23)20-14-25-13-16-8-5-9-19(15-6-3-2-4-7-15)22(16)26(25)21(20)11-18;1-24-19-9-18(12-23)20-14-25-13-17-8-7-16(15-5-3-2-4-6-15)10-21(17)26(25)22(20)11-19;1-24-19-10-17(12-23)20-14-25-13-18-9-16(15-5-3-2-4-6-15)7-8-21(18)26(25)22(20)11-19/h2*2-9,12H,11H2;3*2-11,14H,13H2/q5*+1. The van der Waals surface area contributed by atoms with E-state index in [1.165, 1.54) is 38.9 Å². The summed E-state index contributed by atoms with van der Waals surface area (Å²) in [6, 6.07) is 103. The SMILES string of the molecule is [C-]#[N+]c1cc(C#N)c2c[n+]3n(c2c1)-c1c(ccc2c1oc1ccccc12)C3.[C-]#[N+]c1cc(C#N)c2c[n+]3n(c2c1)-c1c(cccc1-c1ccccc1)C3.[C-]#[N+]c1cc(C#N)c2c[n+]3n(c2c1)-c1cc(-c2ccccc2)ccc1C3.[C-]#[N+]c1cc(C#N)c2c[n+]3n(c2c1)-c1cc2oc4ccccc4c2cc1C3.[C-]#[N+]c1cc(C#N)c2c[n+]3n(c2c1)-c1ccc(-c2ccccc2)cc1C3. The molecule has 27 rings (SSSR count). The molecular weight excluding hydrogens is 1630 g/mol. The van der Waals surface area contributed by atoms with E-state index in [2.05, 4.69) is 229 Å². The van der Waals surface area contributed by atoms with Gasteiger partial charge in [-0.1, -0.05) is 158 Å². The lowest BCUT2D eigenvalue weighted by atomic mass is 10.00. The van der Waals surface area contributed by atoms with E-state index < -0.39 is 0 Å². The van der Waals surface area contributed by atoms with Crippen molar-refractivity contribution in [1.82, 2.24) is 23.4 Å². The average molecular weight is 1690 g/mol. The second-order valence-corrected chi connectivity index (χ2v) is 32.7. The maximum Gasteiger partial charge on any atom is 0.205 e. The molecule has 0 saturated heterocycles. The van der Waals surface area contributed by atoms with Gasteiger partial charge in [-0.15, -0.1) is 46.8 Å². The van der Waals surface area contributed by atoms with Crippen LogP contribution in [0.15, 0.2) is 319 Å². The lowest BCUT2D eigenvalue weighted by molar-refractivity contribution is -0.749. The Balaban J connectivity index is 0.0000000936. The van der Waals surface area contributed by atoms with E-state index in [0.717, 1.165) is 175 Å². The number of para-hydroxylation sites is 3. The Hall–Kier alpha value is -19.8. The zero-order valence-electron chi connectivity index (χ0n) is 69.7. The molecule has 0 saturated carbocycles. The lowest BCUT2D eigenvalue weighted by Gasteiger charge is -2.08. The molecule has 0 unspecified atom stereocenters. The molecule has 5 aliphatic heterocycles. The van der Waals surface area contributed by atoms with E-state index in [1.54, 1.807) is 30.3 Å². The predicted octanol–water partition coefficient (Wildman–Crippen LogP) is 22.3. The molecule has 608 valence electrons. The summed E-state index contributed by atoms with van der Waals surface area (Å²) < 4.78 is 33.3. The largest absolute Gasteiger partial charge is 0.456 e. The van der Waals surface area contributed by atoms with Crippen molar-refractivity contribution in [2.75, 3.05) is 0 Å². The van der Waals surface area contributed by atoms with Gasteiger partial charge in [-0.05, 0) is 143 Å². The molecule has 0 aliphatic carbocycles. The Morgan fingerprint density at radius 1 is 0.250 bits per heavy atom. The molecule has 0 atom stereocenters. The molecule has 7 aromatic heterocycles. The number of furan rings is 2. The van der Waals surface area contributed by atoms with Crippen LogP contribution in [0.3, 0.4) is 0 Å². The summed E-state index contributed by atoms with van der Waals surface area (Å²) in [7, 11) is 0. The van der Waals surface area contributed by atoms with Crippen molar-refractivity contribution >= 4 is 127 Å². The molecule has 0 spiro atoms. The van der Waals surface area contributed by atoms with E-state index in [0.29, 0.717) is 62.8 Å². The third-order valence-electron chi connectivity index (χ3n) is 25.3. The number of nitrogens with zero attached hydrogens (tertiary/aromatic N) is 20. The van der Waals surface area contributed by atoms with Crippen LogP contribution in [0, 0.1) is 89.5 Å². The number of fused-ring (bicyclic) bond motifs is 32. The maximum absolute atomic E-state index is 9.52. The van der Waals surface area contributed by atoms with Crippen LogP contribution in [0.2, 0.25) is 0 Å². The second-order valence-electron chi connectivity index (χ2n) is 32.7. The van der Waals surface area contributed by atoms with Crippen molar-refractivity contribution in [1.29, 1.82) is 26.3 Å². The van der Waals surface area contributed by atoms with Gasteiger partial charge in [-0.25, -0.2) is 24.2 Å². The maximum atomic E-state index is 9.52. The highest BCUT2D eigenvalue weighted by atomic mass is 16.3. The highest BCUT2D eigenvalue weighted by Gasteiger charge is 2.38. The van der Waals surface area contributed by atoms with Crippen molar-refractivity contribution < 1.29 is 32.2 Å². The Morgan fingerprint density at radius 2 is 0.614 bits per heavy atom. The fourth-order valence-corrected chi connectivity index (χ4v) is 19.5. The van der Waals surface area contributed by atoms with Gasteiger partial charge in [0.1, 0.15) is 67.1 Å². The first-order valence-electron chi connectivity index (χ1n) is 42.2. The molecule has 22 heteroatoms. The van der Waals surface area contributed by atoms with Crippen LogP contribution in [0.25, 0.3) is 184 Å². The third kappa shape index (κ3) is 12.3. The van der Waals surface area contributed by atoms with E-state index >= 15 is 0 Å². The van der Waals surface area contributed by atoms with Gasteiger partial charge in [-0.3, -0.25) is 0 Å².